The number of carbonyl (C=O) groups excluding carboxylic acids is 2. The summed E-state index contributed by atoms with van der Waals surface area (Å²) >= 11 is 0. The van der Waals surface area contributed by atoms with Gasteiger partial charge in [0.05, 0.1) is 12.0 Å². The van der Waals surface area contributed by atoms with E-state index in [4.69, 9.17) is 0 Å². The van der Waals surface area contributed by atoms with Crippen LogP contribution >= 0.6 is 0 Å². The smallest absolute Gasteiger partial charge is 0.347 e. The monoisotopic (exact) mass is 227 g/mol. The van der Waals surface area contributed by atoms with Gasteiger partial charge < -0.3 is 4.74 Å². The lowest BCUT2D eigenvalue weighted by atomic mass is 10.1. The molecule has 0 amide bonds. The molecular formula is C9H6FNO5. The summed E-state index contributed by atoms with van der Waals surface area (Å²) in [6.07, 6.45) is 0.247. The number of nitro groups is 1. The maximum atomic E-state index is 13.3. The number of nitro benzene ring substituents is 1. The highest BCUT2D eigenvalue weighted by atomic mass is 19.1. The summed E-state index contributed by atoms with van der Waals surface area (Å²) in [5.41, 5.74) is -1.82. The van der Waals surface area contributed by atoms with Crippen LogP contribution in [0.2, 0.25) is 0 Å². The molecule has 1 rings (SSSR count). The molecule has 0 heterocycles. The first-order chi connectivity index (χ1) is 7.51. The number of hydrogen-bond donors (Lipinski definition) is 0. The third-order valence-electron chi connectivity index (χ3n) is 1.81. The average molecular weight is 227 g/mol. The Bertz CT molecular complexity index is 471. The highest BCUT2D eigenvalue weighted by molar-refractivity contribution is 5.95. The Morgan fingerprint density at radius 3 is 2.62 bits per heavy atom. The van der Waals surface area contributed by atoms with Crippen molar-refractivity contribution < 1.29 is 23.6 Å². The maximum absolute atomic E-state index is 13.3. The fourth-order valence-electron chi connectivity index (χ4n) is 1.13. The number of ether oxygens (including phenoxy) is 1. The fraction of sp³-hybridized carbons (Fsp3) is 0.111. The topological polar surface area (TPSA) is 86.5 Å². The van der Waals surface area contributed by atoms with Crippen LogP contribution in [-0.2, 0) is 4.74 Å². The van der Waals surface area contributed by atoms with E-state index in [2.05, 4.69) is 4.74 Å². The first kappa shape index (κ1) is 11.8. The second-order valence-electron chi connectivity index (χ2n) is 2.76. The number of aldehydes is 1. The lowest BCUT2D eigenvalue weighted by molar-refractivity contribution is -0.385. The van der Waals surface area contributed by atoms with Crippen LogP contribution in [0.25, 0.3) is 0 Å². The predicted octanol–water partition coefficient (Wildman–Crippen LogP) is 1.33. The van der Waals surface area contributed by atoms with Crippen LogP contribution < -0.4 is 0 Å². The van der Waals surface area contributed by atoms with Crippen molar-refractivity contribution in [3.05, 3.63) is 39.2 Å². The van der Waals surface area contributed by atoms with Crippen molar-refractivity contribution >= 4 is 17.9 Å². The van der Waals surface area contributed by atoms with Gasteiger partial charge in [0.2, 0.25) is 0 Å². The number of halogens is 1. The van der Waals surface area contributed by atoms with E-state index in [0.29, 0.717) is 0 Å². The summed E-state index contributed by atoms with van der Waals surface area (Å²) in [4.78, 5) is 31.1. The molecule has 0 atom stereocenters. The third-order valence-corrected chi connectivity index (χ3v) is 1.81. The van der Waals surface area contributed by atoms with Gasteiger partial charge in [-0.15, -0.1) is 0 Å². The Morgan fingerprint density at radius 1 is 1.56 bits per heavy atom. The minimum Gasteiger partial charge on any atom is -0.465 e. The van der Waals surface area contributed by atoms with Crippen LogP contribution in [0.5, 0.6) is 0 Å². The number of nitrogens with zero attached hydrogens (tertiary/aromatic N) is 1. The molecule has 0 saturated carbocycles. The third kappa shape index (κ3) is 2.02. The zero-order chi connectivity index (χ0) is 12.3. The SMILES string of the molecule is COC(=O)c1c(F)cc(C=O)cc1[N+](=O)[O-]. The summed E-state index contributed by atoms with van der Waals surface area (Å²) in [6.45, 7) is 0. The standard InChI is InChI=1S/C9H6FNO5/c1-16-9(13)8-6(10)2-5(4-12)3-7(8)11(14)15/h2-4H,1H3. The Hall–Kier alpha value is -2.31. The van der Waals surface area contributed by atoms with Gasteiger partial charge in [0.15, 0.2) is 5.56 Å². The van der Waals surface area contributed by atoms with E-state index >= 15 is 0 Å². The van der Waals surface area contributed by atoms with Gasteiger partial charge in [-0.3, -0.25) is 14.9 Å². The number of carbonyl (C=O) groups is 2. The van der Waals surface area contributed by atoms with Crippen LogP contribution in [0.1, 0.15) is 20.7 Å². The molecule has 0 aromatic heterocycles. The van der Waals surface area contributed by atoms with Crippen molar-refractivity contribution in [1.29, 1.82) is 0 Å². The zero-order valence-corrected chi connectivity index (χ0v) is 8.10. The molecule has 0 aliphatic carbocycles. The maximum Gasteiger partial charge on any atom is 0.347 e. The van der Waals surface area contributed by atoms with E-state index in [0.717, 1.165) is 19.2 Å². The van der Waals surface area contributed by atoms with Gasteiger partial charge in [0.25, 0.3) is 5.69 Å². The molecule has 0 unspecified atom stereocenters. The van der Waals surface area contributed by atoms with Crippen molar-refractivity contribution in [2.75, 3.05) is 7.11 Å². The first-order valence-corrected chi connectivity index (χ1v) is 4.02. The number of rotatable bonds is 3. The second kappa shape index (κ2) is 4.47. The van der Waals surface area contributed by atoms with Crippen molar-refractivity contribution in [1.82, 2.24) is 0 Å². The fourth-order valence-corrected chi connectivity index (χ4v) is 1.13. The largest absolute Gasteiger partial charge is 0.465 e. The van der Waals surface area contributed by atoms with E-state index in [1.165, 1.54) is 0 Å². The van der Waals surface area contributed by atoms with Gasteiger partial charge >= 0.3 is 5.97 Å². The number of benzene rings is 1. The molecular weight excluding hydrogens is 221 g/mol. The first-order valence-electron chi connectivity index (χ1n) is 4.02. The summed E-state index contributed by atoms with van der Waals surface area (Å²) in [5.74, 6) is -2.33. The molecule has 1 aromatic rings. The molecule has 0 spiro atoms. The second-order valence-corrected chi connectivity index (χ2v) is 2.76. The van der Waals surface area contributed by atoms with Crippen LogP contribution in [0.15, 0.2) is 12.1 Å². The highest BCUT2D eigenvalue weighted by Gasteiger charge is 2.26. The summed E-state index contributed by atoms with van der Waals surface area (Å²) in [7, 11) is 0.971. The molecule has 0 aliphatic rings. The summed E-state index contributed by atoms with van der Waals surface area (Å²) in [6, 6.07) is 1.54. The van der Waals surface area contributed by atoms with Crippen LogP contribution in [-0.4, -0.2) is 24.3 Å². The molecule has 0 aliphatic heterocycles. The van der Waals surface area contributed by atoms with Crippen molar-refractivity contribution in [2.24, 2.45) is 0 Å². The Balaban J connectivity index is 3.51. The summed E-state index contributed by atoms with van der Waals surface area (Å²) in [5, 5.41) is 10.6. The Kier molecular flexibility index (Phi) is 3.29. The highest BCUT2D eigenvalue weighted by Crippen LogP contribution is 2.23. The average Bonchev–Trinajstić information content (AvgIpc) is 2.26. The molecule has 0 fully saturated rings. The van der Waals surface area contributed by atoms with E-state index in [1.807, 2.05) is 0 Å². The van der Waals surface area contributed by atoms with Gasteiger partial charge in [-0.1, -0.05) is 0 Å². The minimum atomic E-state index is -1.17. The van der Waals surface area contributed by atoms with Crippen molar-refractivity contribution in [3.8, 4) is 0 Å². The number of hydrogen-bond acceptors (Lipinski definition) is 5. The Morgan fingerprint density at radius 2 is 2.19 bits per heavy atom. The van der Waals surface area contributed by atoms with Gasteiger partial charge in [-0.25, -0.2) is 9.18 Å². The lowest BCUT2D eigenvalue weighted by Crippen LogP contribution is -2.09. The van der Waals surface area contributed by atoms with E-state index < -0.39 is 28.0 Å². The number of esters is 1. The molecule has 16 heavy (non-hydrogen) atoms. The molecule has 6 nitrogen and oxygen atoms in total. The van der Waals surface area contributed by atoms with Crippen molar-refractivity contribution in [2.45, 2.75) is 0 Å². The van der Waals surface area contributed by atoms with Gasteiger partial charge in [-0.2, -0.15) is 0 Å². The molecule has 0 bridgehead atoms. The van der Waals surface area contributed by atoms with Crippen LogP contribution in [0.4, 0.5) is 10.1 Å². The molecule has 1 aromatic carbocycles. The normalized spacial score (nSPS) is 9.62. The molecule has 0 N–H and O–H groups in total. The van der Waals surface area contributed by atoms with E-state index in [9.17, 15) is 24.1 Å². The quantitative estimate of drug-likeness (QED) is 0.336. The molecule has 84 valence electrons. The van der Waals surface area contributed by atoms with E-state index in [-0.39, 0.29) is 11.8 Å². The Labute approximate surface area is 88.8 Å². The molecule has 0 saturated heterocycles. The van der Waals surface area contributed by atoms with E-state index in [1.54, 1.807) is 0 Å². The lowest BCUT2D eigenvalue weighted by Gasteiger charge is -2.03. The molecule has 0 radical (unpaired) electrons. The predicted molar refractivity (Wildman–Crippen MR) is 49.8 cm³/mol. The van der Waals surface area contributed by atoms with Gasteiger partial charge in [0, 0.05) is 11.6 Å². The van der Waals surface area contributed by atoms with Crippen LogP contribution in [0, 0.1) is 15.9 Å². The zero-order valence-electron chi connectivity index (χ0n) is 8.10. The van der Waals surface area contributed by atoms with Gasteiger partial charge in [0.1, 0.15) is 12.1 Å². The van der Waals surface area contributed by atoms with Gasteiger partial charge in [-0.05, 0) is 6.07 Å². The number of methoxy groups -OCH3 is 1. The van der Waals surface area contributed by atoms with Crippen molar-refractivity contribution in [3.63, 3.8) is 0 Å². The summed E-state index contributed by atoms with van der Waals surface area (Å²) < 4.78 is 17.5. The van der Waals surface area contributed by atoms with Crippen LogP contribution in [0.3, 0.4) is 0 Å². The minimum absolute atomic E-state index is 0.225. The molecule has 7 heteroatoms.